The maximum absolute atomic E-state index is 12.7. The molecule has 142 valence electrons. The van der Waals surface area contributed by atoms with Crippen molar-refractivity contribution in [2.75, 3.05) is 18.6 Å². The Morgan fingerprint density at radius 2 is 2.07 bits per heavy atom. The second kappa shape index (κ2) is 8.38. The largest absolute Gasteiger partial charge is 0.493 e. The fourth-order valence-electron chi connectivity index (χ4n) is 2.59. The number of nitrogens with zero attached hydrogens (tertiary/aromatic N) is 1. The quantitative estimate of drug-likeness (QED) is 0.411. The molecule has 8 heteroatoms. The first-order valence-corrected chi connectivity index (χ1v) is 9.18. The first-order chi connectivity index (χ1) is 13.4. The smallest absolute Gasteiger partial charge is 0.333 e. The van der Waals surface area contributed by atoms with Crippen LogP contribution in [0.3, 0.4) is 0 Å². The topological polar surface area (TPSA) is 67.9 Å². The van der Waals surface area contributed by atoms with Crippen LogP contribution in [0.15, 0.2) is 46.6 Å². The van der Waals surface area contributed by atoms with Crippen molar-refractivity contribution in [3.05, 3.63) is 57.2 Å². The second-order valence-corrected chi connectivity index (χ2v) is 6.92. The Balaban J connectivity index is 1.95. The molecular formula is C20H14BrClN2O4. The molecule has 3 amide bonds. The number of urea groups is 1. The summed E-state index contributed by atoms with van der Waals surface area (Å²) in [5, 5.41) is 2.99. The highest BCUT2D eigenvalue weighted by Gasteiger charge is 2.35. The number of hydrogen-bond donors (Lipinski definition) is 1. The first kappa shape index (κ1) is 19.8. The maximum Gasteiger partial charge on any atom is 0.333 e. The lowest BCUT2D eigenvalue weighted by atomic mass is 10.1. The van der Waals surface area contributed by atoms with E-state index in [-0.39, 0.29) is 12.3 Å². The van der Waals surface area contributed by atoms with Crippen molar-refractivity contribution in [3.8, 4) is 23.8 Å². The standard InChI is InChI=1S/C20H14BrClN2O4/c1-3-7-28-18-11-15(21)12(9-17(18)27-2)8-16-19(25)24(20(26)23-16)14-6-4-5-13(22)10-14/h1,4-6,8-11H,7H2,2H3,(H,23,26). The van der Waals surface area contributed by atoms with E-state index in [0.717, 1.165) is 4.90 Å². The van der Waals surface area contributed by atoms with Crippen molar-refractivity contribution in [1.29, 1.82) is 0 Å². The number of amides is 3. The van der Waals surface area contributed by atoms with Gasteiger partial charge in [0.25, 0.3) is 5.91 Å². The Morgan fingerprint density at radius 1 is 1.29 bits per heavy atom. The Kier molecular flexibility index (Phi) is 5.93. The minimum Gasteiger partial charge on any atom is -0.493 e. The molecule has 0 bridgehead atoms. The molecule has 1 fully saturated rings. The number of methoxy groups -OCH3 is 1. The molecule has 28 heavy (non-hydrogen) atoms. The molecule has 0 radical (unpaired) electrons. The monoisotopic (exact) mass is 460 g/mol. The molecule has 2 aromatic rings. The lowest BCUT2D eigenvalue weighted by Crippen LogP contribution is -2.30. The number of halogens is 2. The van der Waals surface area contributed by atoms with Gasteiger partial charge in [0.15, 0.2) is 11.5 Å². The zero-order valence-corrected chi connectivity index (χ0v) is 17.0. The maximum atomic E-state index is 12.7. The van der Waals surface area contributed by atoms with Gasteiger partial charge in [0.2, 0.25) is 0 Å². The number of nitrogens with one attached hydrogen (secondary N) is 1. The molecule has 0 aromatic heterocycles. The summed E-state index contributed by atoms with van der Waals surface area (Å²) >= 11 is 9.39. The van der Waals surface area contributed by atoms with Crippen LogP contribution in [0.4, 0.5) is 10.5 Å². The van der Waals surface area contributed by atoms with Crippen molar-refractivity contribution in [2.45, 2.75) is 0 Å². The van der Waals surface area contributed by atoms with E-state index in [9.17, 15) is 9.59 Å². The predicted octanol–water partition coefficient (Wildman–Crippen LogP) is 4.22. The van der Waals surface area contributed by atoms with Crippen LogP contribution in [0.25, 0.3) is 6.08 Å². The molecule has 2 aromatic carbocycles. The van der Waals surface area contributed by atoms with E-state index in [4.69, 9.17) is 27.5 Å². The minimum absolute atomic E-state index is 0.0897. The van der Waals surface area contributed by atoms with Gasteiger partial charge in [-0.3, -0.25) is 4.79 Å². The van der Waals surface area contributed by atoms with Crippen LogP contribution in [-0.4, -0.2) is 25.7 Å². The van der Waals surface area contributed by atoms with Gasteiger partial charge in [-0.05, 0) is 42.0 Å². The molecule has 0 saturated carbocycles. The summed E-state index contributed by atoms with van der Waals surface area (Å²) in [7, 11) is 1.49. The van der Waals surface area contributed by atoms with Gasteiger partial charge < -0.3 is 14.8 Å². The summed E-state index contributed by atoms with van der Waals surface area (Å²) in [6.45, 7) is 0.0897. The van der Waals surface area contributed by atoms with Crippen LogP contribution in [0.5, 0.6) is 11.5 Å². The van der Waals surface area contributed by atoms with E-state index in [1.165, 1.54) is 7.11 Å². The lowest BCUT2D eigenvalue weighted by molar-refractivity contribution is -0.113. The number of carbonyl (C=O) groups is 2. The summed E-state index contributed by atoms with van der Waals surface area (Å²) in [5.74, 6) is 2.78. The highest BCUT2D eigenvalue weighted by atomic mass is 79.9. The SMILES string of the molecule is C#CCOc1cc(Br)c(C=C2NC(=O)N(c3cccc(Cl)c3)C2=O)cc1OC. The van der Waals surface area contributed by atoms with Crippen molar-refractivity contribution in [1.82, 2.24) is 5.32 Å². The van der Waals surface area contributed by atoms with E-state index in [0.29, 0.717) is 32.2 Å². The number of terminal acetylenes is 1. The van der Waals surface area contributed by atoms with E-state index in [1.807, 2.05) is 0 Å². The van der Waals surface area contributed by atoms with Gasteiger partial charge in [-0.15, -0.1) is 6.42 Å². The Bertz CT molecular complexity index is 1030. The normalized spacial score (nSPS) is 14.8. The van der Waals surface area contributed by atoms with E-state index in [1.54, 1.807) is 42.5 Å². The molecular weight excluding hydrogens is 448 g/mol. The van der Waals surface area contributed by atoms with Gasteiger partial charge >= 0.3 is 6.03 Å². The van der Waals surface area contributed by atoms with Crippen molar-refractivity contribution in [2.24, 2.45) is 0 Å². The van der Waals surface area contributed by atoms with Gasteiger partial charge in [-0.1, -0.05) is 39.5 Å². The number of carbonyl (C=O) groups excluding carboxylic acids is 2. The molecule has 1 heterocycles. The molecule has 0 atom stereocenters. The molecule has 0 unspecified atom stereocenters. The van der Waals surface area contributed by atoms with Gasteiger partial charge in [-0.25, -0.2) is 9.69 Å². The van der Waals surface area contributed by atoms with Crippen molar-refractivity contribution < 1.29 is 19.1 Å². The average molecular weight is 462 g/mol. The van der Waals surface area contributed by atoms with Crippen LogP contribution in [0.1, 0.15) is 5.56 Å². The summed E-state index contributed by atoms with van der Waals surface area (Å²) in [6, 6.07) is 9.28. The van der Waals surface area contributed by atoms with E-state index >= 15 is 0 Å². The average Bonchev–Trinajstić information content (AvgIpc) is 2.95. The first-order valence-electron chi connectivity index (χ1n) is 8.01. The third kappa shape index (κ3) is 3.98. The Labute approximate surface area is 175 Å². The van der Waals surface area contributed by atoms with Gasteiger partial charge in [0.05, 0.1) is 12.8 Å². The fraction of sp³-hybridized carbons (Fsp3) is 0.100. The molecule has 1 aliphatic heterocycles. The zero-order valence-electron chi connectivity index (χ0n) is 14.7. The molecule has 1 saturated heterocycles. The van der Waals surface area contributed by atoms with E-state index in [2.05, 4.69) is 27.2 Å². The molecule has 3 rings (SSSR count). The van der Waals surface area contributed by atoms with Crippen LogP contribution in [0.2, 0.25) is 5.02 Å². The molecule has 0 spiro atoms. The lowest BCUT2D eigenvalue weighted by Gasteiger charge is -2.12. The van der Waals surface area contributed by atoms with Gasteiger partial charge in [-0.2, -0.15) is 0 Å². The van der Waals surface area contributed by atoms with Crippen LogP contribution in [-0.2, 0) is 4.79 Å². The number of hydrogen-bond acceptors (Lipinski definition) is 4. The Hall–Kier alpha value is -2.95. The van der Waals surface area contributed by atoms with Crippen molar-refractivity contribution >= 4 is 51.2 Å². The van der Waals surface area contributed by atoms with Crippen LogP contribution < -0.4 is 19.7 Å². The van der Waals surface area contributed by atoms with E-state index < -0.39 is 11.9 Å². The number of benzene rings is 2. The predicted molar refractivity (Wildman–Crippen MR) is 110 cm³/mol. The zero-order chi connectivity index (χ0) is 20.3. The highest BCUT2D eigenvalue weighted by Crippen LogP contribution is 2.35. The minimum atomic E-state index is -0.560. The number of anilines is 1. The second-order valence-electron chi connectivity index (χ2n) is 5.63. The van der Waals surface area contributed by atoms with Gasteiger partial charge in [0, 0.05) is 9.50 Å². The van der Waals surface area contributed by atoms with Gasteiger partial charge in [0.1, 0.15) is 12.3 Å². The molecule has 0 aliphatic carbocycles. The third-order valence-corrected chi connectivity index (χ3v) is 4.76. The fourth-order valence-corrected chi connectivity index (χ4v) is 3.21. The van der Waals surface area contributed by atoms with Crippen LogP contribution >= 0.6 is 27.5 Å². The summed E-state index contributed by atoms with van der Waals surface area (Å²) in [4.78, 5) is 26.1. The Morgan fingerprint density at radius 3 is 2.75 bits per heavy atom. The third-order valence-electron chi connectivity index (χ3n) is 3.84. The summed E-state index contributed by atoms with van der Waals surface area (Å²) < 4.78 is 11.4. The number of rotatable bonds is 5. The molecule has 1 aliphatic rings. The van der Waals surface area contributed by atoms with Crippen LogP contribution in [0, 0.1) is 12.3 Å². The molecule has 6 nitrogen and oxygen atoms in total. The highest BCUT2D eigenvalue weighted by molar-refractivity contribution is 9.10. The summed E-state index contributed by atoms with van der Waals surface area (Å²) in [6.07, 6.45) is 6.76. The summed E-state index contributed by atoms with van der Waals surface area (Å²) in [5.41, 5.74) is 1.11. The molecule has 1 N–H and O–H groups in total. The number of ether oxygens (including phenoxy) is 2. The number of imide groups is 1. The van der Waals surface area contributed by atoms with Crippen molar-refractivity contribution in [3.63, 3.8) is 0 Å².